The van der Waals surface area contributed by atoms with Crippen molar-refractivity contribution in [2.45, 2.75) is 20.3 Å². The number of rotatable bonds is 3. The van der Waals surface area contributed by atoms with Gasteiger partial charge in [0.1, 0.15) is 13.2 Å². The molecule has 0 bridgehead atoms. The van der Waals surface area contributed by atoms with Gasteiger partial charge in [0.25, 0.3) is 0 Å². The molecule has 0 radical (unpaired) electrons. The third-order valence-corrected chi connectivity index (χ3v) is 3.92. The number of ether oxygens (including phenoxy) is 2. The van der Waals surface area contributed by atoms with E-state index >= 15 is 0 Å². The number of fused-ring (bicyclic) bond motifs is 2. The van der Waals surface area contributed by atoms with Crippen molar-refractivity contribution >= 4 is 22.6 Å². The van der Waals surface area contributed by atoms with Gasteiger partial charge in [-0.05, 0) is 35.9 Å². The van der Waals surface area contributed by atoms with Crippen LogP contribution in [0.15, 0.2) is 36.4 Å². The number of anilines is 1. The van der Waals surface area contributed by atoms with Gasteiger partial charge in [0.2, 0.25) is 5.91 Å². The number of nitrogens with zero attached hydrogens (tertiary/aromatic N) is 2. The van der Waals surface area contributed by atoms with E-state index in [1.54, 1.807) is 24.3 Å². The molecule has 0 unspecified atom stereocenters. The van der Waals surface area contributed by atoms with E-state index in [0.29, 0.717) is 41.5 Å². The third-order valence-electron chi connectivity index (χ3n) is 3.92. The van der Waals surface area contributed by atoms with Gasteiger partial charge in [0, 0.05) is 5.39 Å². The molecule has 7 nitrogen and oxygen atoms in total. The number of H-pyrrole nitrogens is 1. The van der Waals surface area contributed by atoms with Gasteiger partial charge in [0.15, 0.2) is 17.3 Å². The molecule has 0 fully saturated rings. The maximum absolute atomic E-state index is 12.3. The predicted molar refractivity (Wildman–Crippen MR) is 102 cm³/mol. The van der Waals surface area contributed by atoms with Crippen molar-refractivity contribution in [2.24, 2.45) is 0 Å². The summed E-state index contributed by atoms with van der Waals surface area (Å²) in [5, 5.41) is 19.4. The molecule has 0 saturated carbocycles. The molecule has 3 aromatic rings. The van der Waals surface area contributed by atoms with Crippen LogP contribution in [0.2, 0.25) is 0 Å². The second-order valence-corrected chi connectivity index (χ2v) is 5.65. The number of carbonyl (C=O) groups excluding carboxylic acids is 1. The summed E-state index contributed by atoms with van der Waals surface area (Å²) in [7, 11) is 0. The molecule has 2 aromatic carbocycles. The lowest BCUT2D eigenvalue weighted by Crippen LogP contribution is -2.17. The molecule has 1 aliphatic heterocycles. The van der Waals surface area contributed by atoms with Gasteiger partial charge in [-0.3, -0.25) is 9.89 Å². The highest BCUT2D eigenvalue weighted by atomic mass is 16.6. The highest BCUT2D eigenvalue weighted by Crippen LogP contribution is 2.31. The van der Waals surface area contributed by atoms with Crippen molar-refractivity contribution in [3.05, 3.63) is 47.5 Å². The van der Waals surface area contributed by atoms with Crippen LogP contribution in [0.4, 0.5) is 5.82 Å². The Labute approximate surface area is 156 Å². The van der Waals surface area contributed by atoms with Crippen molar-refractivity contribution in [3.63, 3.8) is 0 Å². The molecule has 1 amide bonds. The quantitative estimate of drug-likeness (QED) is 0.742. The van der Waals surface area contributed by atoms with Crippen molar-refractivity contribution in [1.82, 2.24) is 10.2 Å². The maximum atomic E-state index is 12.3. The first-order valence-corrected chi connectivity index (χ1v) is 8.79. The van der Waals surface area contributed by atoms with Crippen LogP contribution in [0.5, 0.6) is 11.5 Å². The SMILES string of the molecule is CC.N#Cc1ccc2[nH]nc(NC(=O)Cc3ccc4c(c3)OCCO4)c2c1. The fraction of sp³-hybridized carbons (Fsp3) is 0.250. The largest absolute Gasteiger partial charge is 0.486 e. The summed E-state index contributed by atoms with van der Waals surface area (Å²) in [6.45, 7) is 5.03. The average Bonchev–Trinajstić information content (AvgIpc) is 3.11. The van der Waals surface area contributed by atoms with Gasteiger partial charge in [-0.1, -0.05) is 19.9 Å². The zero-order chi connectivity index (χ0) is 19.2. The maximum Gasteiger partial charge on any atom is 0.230 e. The number of nitrogens with one attached hydrogen (secondary N) is 2. The fourth-order valence-electron chi connectivity index (χ4n) is 2.74. The Morgan fingerprint density at radius 1 is 1.19 bits per heavy atom. The van der Waals surface area contributed by atoms with Crippen LogP contribution in [0, 0.1) is 11.3 Å². The smallest absolute Gasteiger partial charge is 0.230 e. The first-order chi connectivity index (χ1) is 13.2. The predicted octanol–water partition coefficient (Wildman–Crippen LogP) is 3.41. The summed E-state index contributed by atoms with van der Waals surface area (Å²) >= 11 is 0. The summed E-state index contributed by atoms with van der Waals surface area (Å²) in [6, 6.07) is 12.7. The van der Waals surface area contributed by atoms with Crippen molar-refractivity contribution < 1.29 is 14.3 Å². The summed E-state index contributed by atoms with van der Waals surface area (Å²) < 4.78 is 11.0. The van der Waals surface area contributed by atoms with Crippen molar-refractivity contribution in [1.29, 1.82) is 5.26 Å². The minimum absolute atomic E-state index is 0.183. The van der Waals surface area contributed by atoms with E-state index in [0.717, 1.165) is 11.1 Å². The minimum atomic E-state index is -0.201. The van der Waals surface area contributed by atoms with E-state index in [4.69, 9.17) is 14.7 Å². The van der Waals surface area contributed by atoms with E-state index in [9.17, 15) is 4.79 Å². The Bertz CT molecular complexity index is 1000. The van der Waals surface area contributed by atoms with E-state index in [-0.39, 0.29) is 12.3 Å². The molecule has 4 rings (SSSR count). The van der Waals surface area contributed by atoms with Gasteiger partial charge in [-0.15, -0.1) is 0 Å². The Balaban J connectivity index is 0.00000102. The van der Waals surface area contributed by atoms with Crippen LogP contribution in [0.25, 0.3) is 10.9 Å². The number of benzene rings is 2. The lowest BCUT2D eigenvalue weighted by atomic mass is 10.1. The summed E-state index contributed by atoms with van der Waals surface area (Å²) in [5.74, 6) is 1.56. The Morgan fingerprint density at radius 3 is 2.74 bits per heavy atom. The van der Waals surface area contributed by atoms with Crippen LogP contribution in [0.1, 0.15) is 25.0 Å². The zero-order valence-corrected chi connectivity index (χ0v) is 15.2. The van der Waals surface area contributed by atoms with E-state index in [1.807, 2.05) is 26.0 Å². The summed E-state index contributed by atoms with van der Waals surface area (Å²) in [5.41, 5.74) is 2.09. The van der Waals surface area contributed by atoms with Gasteiger partial charge in [-0.25, -0.2) is 0 Å². The number of amides is 1. The molecule has 27 heavy (non-hydrogen) atoms. The molecule has 0 saturated heterocycles. The highest BCUT2D eigenvalue weighted by Gasteiger charge is 2.14. The monoisotopic (exact) mass is 364 g/mol. The summed E-state index contributed by atoms with van der Waals surface area (Å²) in [4.78, 5) is 12.3. The van der Waals surface area contributed by atoms with E-state index in [1.165, 1.54) is 0 Å². The molecule has 7 heteroatoms. The minimum Gasteiger partial charge on any atom is -0.486 e. The number of nitriles is 1. The molecule has 0 spiro atoms. The first kappa shape index (κ1) is 18.3. The first-order valence-electron chi connectivity index (χ1n) is 8.79. The number of aromatic amines is 1. The van der Waals surface area contributed by atoms with E-state index in [2.05, 4.69) is 21.6 Å². The summed E-state index contributed by atoms with van der Waals surface area (Å²) in [6.07, 6.45) is 0.183. The second kappa shape index (κ2) is 8.23. The fourth-order valence-corrected chi connectivity index (χ4v) is 2.74. The molecule has 0 atom stereocenters. The molecule has 1 aliphatic rings. The topological polar surface area (TPSA) is 100 Å². The molecule has 0 aliphatic carbocycles. The van der Waals surface area contributed by atoms with Crippen molar-refractivity contribution in [3.8, 4) is 17.6 Å². The Kier molecular flexibility index (Phi) is 5.57. The standard InChI is InChI=1S/C18H14N4O3.C2H6/c19-10-12-1-3-14-13(7-12)18(22-21-14)20-17(23)9-11-2-4-15-16(8-11)25-6-5-24-15;1-2/h1-4,7-8H,5-6,9H2,(H2,20,21,22,23);1-2H3. The number of aromatic nitrogens is 2. The molecule has 2 heterocycles. The van der Waals surface area contributed by atoms with Gasteiger partial charge < -0.3 is 14.8 Å². The van der Waals surface area contributed by atoms with Gasteiger partial charge >= 0.3 is 0 Å². The average molecular weight is 364 g/mol. The third kappa shape index (κ3) is 4.01. The highest BCUT2D eigenvalue weighted by molar-refractivity contribution is 6.00. The molecular weight excluding hydrogens is 344 g/mol. The van der Waals surface area contributed by atoms with Crippen LogP contribution >= 0.6 is 0 Å². The number of hydrogen-bond donors (Lipinski definition) is 2. The second-order valence-electron chi connectivity index (χ2n) is 5.65. The normalized spacial score (nSPS) is 11.9. The molecule has 2 N–H and O–H groups in total. The Hall–Kier alpha value is -3.53. The lowest BCUT2D eigenvalue weighted by molar-refractivity contribution is -0.115. The molecule has 138 valence electrons. The van der Waals surface area contributed by atoms with Crippen LogP contribution in [-0.2, 0) is 11.2 Å². The van der Waals surface area contributed by atoms with Crippen LogP contribution in [0.3, 0.4) is 0 Å². The molecular formula is C20H20N4O3. The van der Waals surface area contributed by atoms with Crippen LogP contribution in [-0.4, -0.2) is 29.3 Å². The van der Waals surface area contributed by atoms with Crippen LogP contribution < -0.4 is 14.8 Å². The molecule has 1 aromatic heterocycles. The van der Waals surface area contributed by atoms with E-state index < -0.39 is 0 Å². The Morgan fingerprint density at radius 2 is 1.96 bits per heavy atom. The van der Waals surface area contributed by atoms with Gasteiger partial charge in [0.05, 0.1) is 23.6 Å². The number of carbonyl (C=O) groups is 1. The van der Waals surface area contributed by atoms with Gasteiger partial charge in [-0.2, -0.15) is 10.4 Å². The van der Waals surface area contributed by atoms with Crippen molar-refractivity contribution in [2.75, 3.05) is 18.5 Å². The zero-order valence-electron chi connectivity index (χ0n) is 15.2. The number of hydrogen-bond acceptors (Lipinski definition) is 5. The lowest BCUT2D eigenvalue weighted by Gasteiger charge is -2.18.